The maximum atomic E-state index is 11.1. The van der Waals surface area contributed by atoms with E-state index in [9.17, 15) is 9.90 Å². The number of rotatable bonds is 6. The van der Waals surface area contributed by atoms with E-state index in [0.717, 1.165) is 24.8 Å². The highest BCUT2D eigenvalue weighted by molar-refractivity contribution is 5.92. The van der Waals surface area contributed by atoms with Crippen molar-refractivity contribution < 1.29 is 15.0 Å². The second kappa shape index (κ2) is 6.28. The lowest BCUT2D eigenvalue weighted by Crippen LogP contribution is -2.07. The van der Waals surface area contributed by atoms with Crippen LogP contribution in [0.25, 0.3) is 0 Å². The van der Waals surface area contributed by atoms with Gasteiger partial charge in [-0.1, -0.05) is 45.2 Å². The molecule has 3 nitrogen and oxygen atoms in total. The van der Waals surface area contributed by atoms with Crippen molar-refractivity contribution in [1.82, 2.24) is 0 Å². The molecule has 0 bridgehead atoms. The number of hydrogen-bond donors (Lipinski definition) is 2. The van der Waals surface area contributed by atoms with Crippen molar-refractivity contribution in [1.29, 1.82) is 0 Å². The summed E-state index contributed by atoms with van der Waals surface area (Å²) in [6, 6.07) is 4.90. The SMILES string of the molecule is CCCCC(C)Cc1cccc(O)c1C(=O)O. The molecule has 0 aliphatic rings. The van der Waals surface area contributed by atoms with Gasteiger partial charge in [-0.15, -0.1) is 0 Å². The Hall–Kier alpha value is -1.51. The van der Waals surface area contributed by atoms with E-state index in [-0.39, 0.29) is 11.3 Å². The van der Waals surface area contributed by atoms with Crippen molar-refractivity contribution in [2.24, 2.45) is 5.92 Å². The maximum Gasteiger partial charge on any atom is 0.339 e. The molecule has 0 radical (unpaired) electrons. The minimum Gasteiger partial charge on any atom is -0.507 e. The van der Waals surface area contributed by atoms with Crippen LogP contribution in [0.15, 0.2) is 18.2 Å². The van der Waals surface area contributed by atoms with Gasteiger partial charge in [0.2, 0.25) is 0 Å². The van der Waals surface area contributed by atoms with E-state index in [1.807, 2.05) is 0 Å². The van der Waals surface area contributed by atoms with Gasteiger partial charge in [-0.05, 0) is 24.0 Å². The van der Waals surface area contributed by atoms with E-state index in [2.05, 4.69) is 13.8 Å². The summed E-state index contributed by atoms with van der Waals surface area (Å²) in [5.74, 6) is -0.756. The third-order valence-electron chi connectivity index (χ3n) is 2.96. The van der Waals surface area contributed by atoms with E-state index in [1.54, 1.807) is 12.1 Å². The molecule has 0 saturated carbocycles. The molecule has 1 atom stereocenters. The first kappa shape index (κ1) is 13.6. The fourth-order valence-electron chi connectivity index (χ4n) is 2.03. The summed E-state index contributed by atoms with van der Waals surface area (Å²) in [5.41, 5.74) is 0.775. The van der Waals surface area contributed by atoms with Gasteiger partial charge in [0, 0.05) is 0 Å². The van der Waals surface area contributed by atoms with E-state index in [0.29, 0.717) is 12.3 Å². The van der Waals surface area contributed by atoms with Gasteiger partial charge < -0.3 is 10.2 Å². The average molecular weight is 236 g/mol. The number of hydrogen-bond acceptors (Lipinski definition) is 2. The van der Waals surface area contributed by atoms with E-state index in [4.69, 9.17) is 5.11 Å². The van der Waals surface area contributed by atoms with Gasteiger partial charge in [-0.3, -0.25) is 0 Å². The summed E-state index contributed by atoms with van der Waals surface area (Å²) >= 11 is 0. The van der Waals surface area contributed by atoms with Gasteiger partial charge in [-0.2, -0.15) is 0 Å². The monoisotopic (exact) mass is 236 g/mol. The molecule has 0 fully saturated rings. The van der Waals surface area contributed by atoms with Crippen LogP contribution in [0.2, 0.25) is 0 Å². The van der Waals surface area contributed by atoms with Crippen LogP contribution in [-0.4, -0.2) is 16.2 Å². The van der Waals surface area contributed by atoms with Gasteiger partial charge in [0.25, 0.3) is 0 Å². The smallest absolute Gasteiger partial charge is 0.339 e. The van der Waals surface area contributed by atoms with Gasteiger partial charge in [0.05, 0.1) is 0 Å². The van der Waals surface area contributed by atoms with Crippen LogP contribution in [0.1, 0.15) is 49.0 Å². The number of aromatic carboxylic acids is 1. The number of benzene rings is 1. The molecule has 0 aliphatic heterocycles. The minimum absolute atomic E-state index is 0.0517. The number of carboxylic acids is 1. The molecule has 0 saturated heterocycles. The van der Waals surface area contributed by atoms with Crippen LogP contribution in [0.3, 0.4) is 0 Å². The predicted octanol–water partition coefficient (Wildman–Crippen LogP) is 3.46. The summed E-state index contributed by atoms with van der Waals surface area (Å²) < 4.78 is 0. The van der Waals surface area contributed by atoms with Crippen molar-refractivity contribution in [2.75, 3.05) is 0 Å². The number of unbranched alkanes of at least 4 members (excludes halogenated alkanes) is 1. The molecule has 0 heterocycles. The van der Waals surface area contributed by atoms with Crippen LogP contribution in [0, 0.1) is 5.92 Å². The quantitative estimate of drug-likeness (QED) is 0.795. The first-order valence-corrected chi connectivity index (χ1v) is 6.10. The highest BCUT2D eigenvalue weighted by Gasteiger charge is 2.16. The first-order chi connectivity index (χ1) is 8.06. The molecular formula is C14H20O3. The molecule has 17 heavy (non-hydrogen) atoms. The molecule has 1 unspecified atom stereocenters. The summed E-state index contributed by atoms with van der Waals surface area (Å²) in [7, 11) is 0. The van der Waals surface area contributed by atoms with E-state index < -0.39 is 5.97 Å². The van der Waals surface area contributed by atoms with Gasteiger partial charge >= 0.3 is 5.97 Å². The molecule has 1 aromatic carbocycles. The Morgan fingerprint density at radius 1 is 1.41 bits per heavy atom. The number of aromatic hydroxyl groups is 1. The zero-order valence-electron chi connectivity index (χ0n) is 10.4. The van der Waals surface area contributed by atoms with Gasteiger partial charge in [0.1, 0.15) is 11.3 Å². The van der Waals surface area contributed by atoms with Crippen molar-refractivity contribution in [3.8, 4) is 5.75 Å². The van der Waals surface area contributed by atoms with Crippen LogP contribution >= 0.6 is 0 Å². The number of carbonyl (C=O) groups is 1. The lowest BCUT2D eigenvalue weighted by atomic mass is 9.93. The van der Waals surface area contributed by atoms with Crippen molar-refractivity contribution in [3.63, 3.8) is 0 Å². The van der Waals surface area contributed by atoms with Crippen LogP contribution < -0.4 is 0 Å². The number of carboxylic acid groups (broad SMARTS) is 1. The van der Waals surface area contributed by atoms with Gasteiger partial charge in [-0.25, -0.2) is 4.79 Å². The van der Waals surface area contributed by atoms with Crippen molar-refractivity contribution in [2.45, 2.75) is 39.5 Å². The summed E-state index contributed by atoms with van der Waals surface area (Å²) in [6.45, 7) is 4.26. The average Bonchev–Trinajstić information content (AvgIpc) is 2.25. The summed E-state index contributed by atoms with van der Waals surface area (Å²) in [4.78, 5) is 11.1. The fraction of sp³-hybridized carbons (Fsp3) is 0.500. The van der Waals surface area contributed by atoms with E-state index in [1.165, 1.54) is 6.07 Å². The predicted molar refractivity (Wildman–Crippen MR) is 67.5 cm³/mol. The lowest BCUT2D eigenvalue weighted by molar-refractivity contribution is 0.0692. The Labute approximate surface area is 102 Å². The Balaban J connectivity index is 2.83. The van der Waals surface area contributed by atoms with E-state index >= 15 is 0 Å². The Kier molecular flexibility index (Phi) is 5.01. The Morgan fingerprint density at radius 2 is 2.12 bits per heavy atom. The van der Waals surface area contributed by atoms with Crippen molar-refractivity contribution in [3.05, 3.63) is 29.3 Å². The minimum atomic E-state index is -1.05. The molecule has 2 N–H and O–H groups in total. The molecule has 0 amide bonds. The lowest BCUT2D eigenvalue weighted by Gasteiger charge is -2.13. The second-order valence-electron chi connectivity index (χ2n) is 4.57. The third-order valence-corrected chi connectivity index (χ3v) is 2.96. The highest BCUT2D eigenvalue weighted by atomic mass is 16.4. The molecule has 94 valence electrons. The molecule has 0 aromatic heterocycles. The Morgan fingerprint density at radius 3 is 2.71 bits per heavy atom. The first-order valence-electron chi connectivity index (χ1n) is 6.10. The second-order valence-corrected chi connectivity index (χ2v) is 4.57. The zero-order chi connectivity index (χ0) is 12.8. The fourth-order valence-corrected chi connectivity index (χ4v) is 2.03. The topological polar surface area (TPSA) is 57.5 Å². The number of phenols is 1. The zero-order valence-corrected chi connectivity index (χ0v) is 10.4. The van der Waals surface area contributed by atoms with Crippen LogP contribution in [0.5, 0.6) is 5.75 Å². The summed E-state index contributed by atoms with van der Waals surface area (Å²) in [5, 5.41) is 18.6. The van der Waals surface area contributed by atoms with Crippen LogP contribution in [0.4, 0.5) is 0 Å². The summed E-state index contributed by atoms with van der Waals surface area (Å²) in [6.07, 6.45) is 4.10. The molecule has 1 rings (SSSR count). The molecular weight excluding hydrogens is 216 g/mol. The normalized spacial score (nSPS) is 12.4. The third kappa shape index (κ3) is 3.77. The molecule has 0 spiro atoms. The molecule has 0 aliphatic carbocycles. The Bertz CT molecular complexity index is 385. The van der Waals surface area contributed by atoms with Gasteiger partial charge in [0.15, 0.2) is 0 Å². The highest BCUT2D eigenvalue weighted by Crippen LogP contribution is 2.24. The standard InChI is InChI=1S/C14H20O3/c1-3-4-6-10(2)9-11-7-5-8-12(15)13(11)14(16)17/h5,7-8,10,15H,3-4,6,9H2,1-2H3,(H,16,17). The largest absolute Gasteiger partial charge is 0.507 e. The van der Waals surface area contributed by atoms with Crippen molar-refractivity contribution >= 4 is 5.97 Å². The molecule has 3 heteroatoms. The maximum absolute atomic E-state index is 11.1. The van der Waals surface area contributed by atoms with Crippen LogP contribution in [-0.2, 0) is 6.42 Å². The molecule has 1 aromatic rings.